The molecule has 0 spiro atoms. The summed E-state index contributed by atoms with van der Waals surface area (Å²) in [4.78, 5) is 0. The van der Waals surface area contributed by atoms with Crippen LogP contribution < -0.4 is 0 Å². The van der Waals surface area contributed by atoms with Crippen molar-refractivity contribution in [1.82, 2.24) is 20.6 Å². The fourth-order valence-electron chi connectivity index (χ4n) is 1.58. The molecule has 0 saturated carbocycles. The van der Waals surface area contributed by atoms with Crippen LogP contribution in [0.3, 0.4) is 0 Å². The summed E-state index contributed by atoms with van der Waals surface area (Å²) >= 11 is 0. The number of nitrogens with zero attached hydrogens (tertiary/aromatic N) is 3. The summed E-state index contributed by atoms with van der Waals surface area (Å²) in [6.45, 7) is 6.44. The Kier molecular flexibility index (Phi) is 2.49. The van der Waals surface area contributed by atoms with Gasteiger partial charge in [0, 0.05) is 5.56 Å². The first-order chi connectivity index (χ1) is 7.18. The summed E-state index contributed by atoms with van der Waals surface area (Å²) in [5, 5.41) is 13.8. The van der Waals surface area contributed by atoms with E-state index in [1.807, 2.05) is 0 Å². The number of hydrogen-bond donors (Lipinski definition) is 1. The van der Waals surface area contributed by atoms with Crippen LogP contribution in [0.4, 0.5) is 0 Å². The molecule has 0 saturated heterocycles. The van der Waals surface area contributed by atoms with Crippen LogP contribution in [0.2, 0.25) is 0 Å². The van der Waals surface area contributed by atoms with E-state index in [1.54, 1.807) is 0 Å². The van der Waals surface area contributed by atoms with Gasteiger partial charge in [-0.05, 0) is 34.4 Å². The third-order valence-corrected chi connectivity index (χ3v) is 2.52. The van der Waals surface area contributed by atoms with Crippen molar-refractivity contribution < 1.29 is 0 Å². The van der Waals surface area contributed by atoms with Crippen LogP contribution >= 0.6 is 0 Å². The summed E-state index contributed by atoms with van der Waals surface area (Å²) in [5.41, 5.74) is 3.59. The van der Waals surface area contributed by atoms with E-state index in [0.29, 0.717) is 5.92 Å². The van der Waals surface area contributed by atoms with Crippen molar-refractivity contribution in [3.05, 3.63) is 29.3 Å². The first-order valence-corrected chi connectivity index (χ1v) is 5.03. The van der Waals surface area contributed by atoms with Crippen LogP contribution in [0, 0.1) is 6.92 Å². The minimum atomic E-state index is 0.547. The molecule has 0 bridgehead atoms. The molecule has 0 aliphatic heterocycles. The van der Waals surface area contributed by atoms with E-state index in [4.69, 9.17) is 0 Å². The molecule has 0 amide bonds. The van der Waals surface area contributed by atoms with Gasteiger partial charge in [-0.1, -0.05) is 32.0 Å². The second kappa shape index (κ2) is 3.81. The summed E-state index contributed by atoms with van der Waals surface area (Å²) in [5.74, 6) is 1.27. The van der Waals surface area contributed by atoms with E-state index < -0.39 is 0 Å². The number of tetrazole rings is 1. The maximum absolute atomic E-state index is 3.91. The number of aromatic nitrogens is 4. The van der Waals surface area contributed by atoms with Crippen molar-refractivity contribution in [2.45, 2.75) is 26.7 Å². The molecular formula is C11H14N4. The maximum Gasteiger partial charge on any atom is 0.179 e. The van der Waals surface area contributed by atoms with Crippen LogP contribution in [0.1, 0.15) is 30.9 Å². The highest BCUT2D eigenvalue weighted by Gasteiger charge is 2.07. The van der Waals surface area contributed by atoms with Gasteiger partial charge in [0.25, 0.3) is 0 Å². The Hall–Kier alpha value is -1.71. The number of H-pyrrole nitrogens is 1. The fraction of sp³-hybridized carbons (Fsp3) is 0.364. The quantitative estimate of drug-likeness (QED) is 0.812. The van der Waals surface area contributed by atoms with Gasteiger partial charge in [-0.3, -0.25) is 0 Å². The van der Waals surface area contributed by atoms with Crippen molar-refractivity contribution >= 4 is 0 Å². The topological polar surface area (TPSA) is 54.5 Å². The number of rotatable bonds is 2. The van der Waals surface area contributed by atoms with Crippen LogP contribution in [0.5, 0.6) is 0 Å². The van der Waals surface area contributed by atoms with Gasteiger partial charge in [0.05, 0.1) is 0 Å². The summed E-state index contributed by atoms with van der Waals surface area (Å²) in [6, 6.07) is 6.37. The third-order valence-electron chi connectivity index (χ3n) is 2.52. The van der Waals surface area contributed by atoms with E-state index in [9.17, 15) is 0 Å². The molecule has 0 aliphatic carbocycles. The lowest BCUT2D eigenvalue weighted by atomic mass is 9.98. The van der Waals surface area contributed by atoms with Gasteiger partial charge >= 0.3 is 0 Å². The molecule has 2 aromatic rings. The highest BCUT2D eigenvalue weighted by molar-refractivity contribution is 5.59. The van der Waals surface area contributed by atoms with Crippen molar-refractivity contribution in [2.24, 2.45) is 0 Å². The monoisotopic (exact) mass is 202 g/mol. The molecule has 4 nitrogen and oxygen atoms in total. The van der Waals surface area contributed by atoms with Gasteiger partial charge in [0.1, 0.15) is 0 Å². The lowest BCUT2D eigenvalue weighted by Gasteiger charge is -2.08. The molecular weight excluding hydrogens is 188 g/mol. The first-order valence-electron chi connectivity index (χ1n) is 5.03. The predicted octanol–water partition coefficient (Wildman–Crippen LogP) is 2.30. The SMILES string of the molecule is Cc1cc(C(C)C)ccc1-c1nnn[nH]1. The highest BCUT2D eigenvalue weighted by atomic mass is 15.5. The summed E-state index contributed by atoms with van der Waals surface area (Å²) < 4.78 is 0. The maximum atomic E-state index is 3.91. The summed E-state index contributed by atoms with van der Waals surface area (Å²) in [6.07, 6.45) is 0. The molecule has 1 aromatic carbocycles. The van der Waals surface area contributed by atoms with E-state index >= 15 is 0 Å². The molecule has 4 heteroatoms. The third kappa shape index (κ3) is 1.88. The Labute approximate surface area is 88.7 Å². The zero-order valence-corrected chi connectivity index (χ0v) is 9.15. The minimum absolute atomic E-state index is 0.547. The molecule has 0 aliphatic rings. The highest BCUT2D eigenvalue weighted by Crippen LogP contribution is 2.23. The summed E-state index contributed by atoms with van der Waals surface area (Å²) in [7, 11) is 0. The normalized spacial score (nSPS) is 10.9. The lowest BCUT2D eigenvalue weighted by Crippen LogP contribution is -1.91. The Morgan fingerprint density at radius 3 is 2.60 bits per heavy atom. The largest absolute Gasteiger partial charge is 0.239 e. The molecule has 2 rings (SSSR count). The molecule has 0 atom stereocenters. The zero-order valence-electron chi connectivity index (χ0n) is 9.15. The number of nitrogens with one attached hydrogen (secondary N) is 1. The van der Waals surface area contributed by atoms with Gasteiger partial charge < -0.3 is 0 Å². The molecule has 0 unspecified atom stereocenters. The number of benzene rings is 1. The van der Waals surface area contributed by atoms with Gasteiger partial charge in [0.15, 0.2) is 5.82 Å². The van der Waals surface area contributed by atoms with Crippen LogP contribution in [0.25, 0.3) is 11.4 Å². The molecule has 0 radical (unpaired) electrons. The number of aromatic amines is 1. The van der Waals surface area contributed by atoms with E-state index in [2.05, 4.69) is 59.6 Å². The molecule has 1 N–H and O–H groups in total. The Morgan fingerprint density at radius 2 is 2.07 bits per heavy atom. The predicted molar refractivity (Wildman–Crippen MR) is 58.4 cm³/mol. The van der Waals surface area contributed by atoms with E-state index in [0.717, 1.165) is 11.4 Å². The second-order valence-corrected chi connectivity index (χ2v) is 3.98. The zero-order chi connectivity index (χ0) is 10.8. The van der Waals surface area contributed by atoms with E-state index in [1.165, 1.54) is 11.1 Å². The van der Waals surface area contributed by atoms with Crippen molar-refractivity contribution in [3.63, 3.8) is 0 Å². The molecule has 0 fully saturated rings. The second-order valence-electron chi connectivity index (χ2n) is 3.98. The van der Waals surface area contributed by atoms with Crippen molar-refractivity contribution in [1.29, 1.82) is 0 Å². The minimum Gasteiger partial charge on any atom is -0.239 e. The Balaban J connectivity index is 2.44. The van der Waals surface area contributed by atoms with Crippen LogP contribution in [-0.2, 0) is 0 Å². The molecule has 15 heavy (non-hydrogen) atoms. The fourth-order valence-corrected chi connectivity index (χ4v) is 1.58. The Bertz CT molecular complexity index is 446. The number of hydrogen-bond acceptors (Lipinski definition) is 3. The van der Waals surface area contributed by atoms with Gasteiger partial charge in [-0.25, -0.2) is 5.10 Å². The van der Waals surface area contributed by atoms with Crippen molar-refractivity contribution in [2.75, 3.05) is 0 Å². The van der Waals surface area contributed by atoms with Gasteiger partial charge in [0.2, 0.25) is 0 Å². The van der Waals surface area contributed by atoms with Gasteiger partial charge in [-0.15, -0.1) is 5.10 Å². The van der Waals surface area contributed by atoms with Crippen LogP contribution in [-0.4, -0.2) is 20.6 Å². The molecule has 1 heterocycles. The van der Waals surface area contributed by atoms with Gasteiger partial charge in [-0.2, -0.15) is 0 Å². The van der Waals surface area contributed by atoms with Crippen molar-refractivity contribution in [3.8, 4) is 11.4 Å². The smallest absolute Gasteiger partial charge is 0.179 e. The molecule has 1 aromatic heterocycles. The Morgan fingerprint density at radius 1 is 1.27 bits per heavy atom. The molecule has 78 valence electrons. The van der Waals surface area contributed by atoms with E-state index in [-0.39, 0.29) is 0 Å². The average molecular weight is 202 g/mol. The number of aryl methyl sites for hydroxylation is 1. The first kappa shape index (κ1) is 9.83. The average Bonchev–Trinajstić information content (AvgIpc) is 2.70. The lowest BCUT2D eigenvalue weighted by molar-refractivity contribution is 0.865. The standard InChI is InChI=1S/C11H14N4/c1-7(2)9-4-5-10(8(3)6-9)11-12-14-15-13-11/h4-7H,1-3H3,(H,12,13,14,15). The van der Waals surface area contributed by atoms with Crippen LogP contribution in [0.15, 0.2) is 18.2 Å².